The molecule has 2 fully saturated rings. The summed E-state index contributed by atoms with van der Waals surface area (Å²) in [4.78, 5) is 12.3. The van der Waals surface area contributed by atoms with Gasteiger partial charge in [0.15, 0.2) is 0 Å². The van der Waals surface area contributed by atoms with Gasteiger partial charge in [-0.2, -0.15) is 0 Å². The van der Waals surface area contributed by atoms with Crippen LogP contribution in [0.3, 0.4) is 0 Å². The highest BCUT2D eigenvalue weighted by Crippen LogP contribution is 2.43. The fourth-order valence-electron chi connectivity index (χ4n) is 5.43. The van der Waals surface area contributed by atoms with Crippen molar-refractivity contribution in [2.24, 2.45) is 22.7 Å². The number of rotatable bonds is 20. The Kier molecular flexibility index (Phi) is 13.2. The summed E-state index contributed by atoms with van der Waals surface area (Å²) >= 11 is 0. The van der Waals surface area contributed by atoms with Crippen molar-refractivity contribution in [2.75, 3.05) is 26.4 Å². The maximum Gasteiger partial charge on any atom is 0.106 e. The van der Waals surface area contributed by atoms with Crippen LogP contribution in [0.25, 0.3) is 0 Å². The quantitative estimate of drug-likeness (QED) is 0.135. The van der Waals surface area contributed by atoms with Crippen molar-refractivity contribution in [1.82, 2.24) is 0 Å². The van der Waals surface area contributed by atoms with Gasteiger partial charge in [-0.1, -0.05) is 97.9 Å². The van der Waals surface area contributed by atoms with Crippen molar-refractivity contribution in [3.8, 4) is 0 Å². The van der Waals surface area contributed by atoms with Gasteiger partial charge in [-0.15, -0.1) is 0 Å². The fourth-order valence-corrected chi connectivity index (χ4v) is 5.43. The topological polar surface area (TPSA) is 46.2 Å². The molecule has 2 aliphatic rings. The van der Waals surface area contributed by atoms with Gasteiger partial charge < -0.3 is 9.47 Å². The molecule has 2 heterocycles. The van der Waals surface area contributed by atoms with Crippen LogP contribution < -0.4 is 0 Å². The van der Waals surface area contributed by atoms with Gasteiger partial charge in [0.1, 0.15) is 12.2 Å². The van der Waals surface area contributed by atoms with Crippen LogP contribution in [-0.4, -0.2) is 38.6 Å². The molecular formula is C28H54O5. The van der Waals surface area contributed by atoms with Gasteiger partial charge in [0.05, 0.1) is 26.4 Å². The SMILES string of the molecule is CCCCC(CC)CC(OOOC(CC(CC)CCCC)C1(CC)COC1)C1(CC)COC1. The lowest BCUT2D eigenvalue weighted by atomic mass is 9.73. The zero-order valence-corrected chi connectivity index (χ0v) is 22.7. The molecule has 196 valence electrons. The third kappa shape index (κ3) is 7.90. The second kappa shape index (κ2) is 15.0. The van der Waals surface area contributed by atoms with Crippen molar-refractivity contribution < 1.29 is 24.3 Å². The summed E-state index contributed by atoms with van der Waals surface area (Å²) < 4.78 is 11.3. The van der Waals surface area contributed by atoms with E-state index in [0.717, 1.165) is 52.1 Å². The highest BCUT2D eigenvalue weighted by molar-refractivity contribution is 4.93. The Morgan fingerprint density at radius 2 is 1.03 bits per heavy atom. The maximum atomic E-state index is 6.14. The molecule has 4 unspecified atom stereocenters. The molecular weight excluding hydrogens is 416 g/mol. The van der Waals surface area contributed by atoms with Crippen LogP contribution in [-0.2, 0) is 24.3 Å². The summed E-state index contributed by atoms with van der Waals surface area (Å²) in [6.07, 6.45) is 14.0. The molecule has 0 aliphatic carbocycles. The Hall–Kier alpha value is -0.200. The van der Waals surface area contributed by atoms with E-state index in [0.29, 0.717) is 11.8 Å². The Labute approximate surface area is 204 Å². The van der Waals surface area contributed by atoms with Crippen molar-refractivity contribution in [1.29, 1.82) is 0 Å². The molecule has 5 heteroatoms. The van der Waals surface area contributed by atoms with Crippen LogP contribution in [0.2, 0.25) is 0 Å². The highest BCUT2D eigenvalue weighted by Gasteiger charge is 2.48. The van der Waals surface area contributed by atoms with Crippen LogP contribution in [0.15, 0.2) is 0 Å². The Morgan fingerprint density at radius 3 is 1.27 bits per heavy atom. The van der Waals surface area contributed by atoms with Crippen LogP contribution in [0, 0.1) is 22.7 Å². The van der Waals surface area contributed by atoms with Gasteiger partial charge in [0.25, 0.3) is 0 Å². The molecule has 2 saturated heterocycles. The summed E-state index contributed by atoms with van der Waals surface area (Å²) in [6.45, 7) is 16.6. The molecule has 2 aliphatic heterocycles. The van der Waals surface area contributed by atoms with E-state index in [1.807, 2.05) is 0 Å². The smallest absolute Gasteiger partial charge is 0.106 e. The largest absolute Gasteiger partial charge is 0.380 e. The van der Waals surface area contributed by atoms with Gasteiger partial charge in [-0.3, -0.25) is 0 Å². The van der Waals surface area contributed by atoms with Crippen molar-refractivity contribution in [3.05, 3.63) is 0 Å². The lowest BCUT2D eigenvalue weighted by Crippen LogP contribution is -2.54. The molecule has 0 amide bonds. The predicted octanol–water partition coefficient (Wildman–Crippen LogP) is 7.67. The number of hydrogen-bond donors (Lipinski definition) is 0. The van der Waals surface area contributed by atoms with Crippen molar-refractivity contribution >= 4 is 0 Å². The molecule has 4 atom stereocenters. The highest BCUT2D eigenvalue weighted by atomic mass is 17.5. The van der Waals surface area contributed by atoms with Gasteiger partial charge in [-0.25, -0.2) is 9.78 Å². The number of unbranched alkanes of at least 4 members (excludes halogenated alkanes) is 2. The molecule has 0 aromatic carbocycles. The number of ether oxygens (including phenoxy) is 2. The summed E-state index contributed by atoms with van der Waals surface area (Å²) in [5.41, 5.74) is 0.0984. The summed E-state index contributed by atoms with van der Waals surface area (Å²) in [5.74, 6) is 1.30. The number of hydrogen-bond acceptors (Lipinski definition) is 5. The standard InChI is InChI=1S/C28H54O5/c1-7-13-15-23(9-3)17-25(27(11-5)19-29-20-27)31-33-32-26(28(12-6)21-30-22-28)18-24(10-4)16-14-8-2/h23-26H,7-22H2,1-6H3. The van der Waals surface area contributed by atoms with Crippen molar-refractivity contribution in [2.45, 2.75) is 131 Å². The molecule has 0 spiro atoms. The molecule has 0 aromatic heterocycles. The second-order valence-corrected chi connectivity index (χ2v) is 11.0. The molecule has 5 nitrogen and oxygen atoms in total. The minimum absolute atomic E-state index is 0.0102. The molecule has 2 rings (SSSR count). The van der Waals surface area contributed by atoms with E-state index in [1.165, 1.54) is 51.4 Å². The van der Waals surface area contributed by atoms with E-state index in [4.69, 9.17) is 24.3 Å². The summed E-state index contributed by atoms with van der Waals surface area (Å²) in [6, 6.07) is 0. The minimum atomic E-state index is 0.0102. The van der Waals surface area contributed by atoms with Gasteiger partial charge in [0.2, 0.25) is 0 Å². The van der Waals surface area contributed by atoms with Crippen LogP contribution in [0.1, 0.15) is 119 Å². The monoisotopic (exact) mass is 470 g/mol. The van der Waals surface area contributed by atoms with Gasteiger partial charge >= 0.3 is 0 Å². The predicted molar refractivity (Wildman–Crippen MR) is 134 cm³/mol. The zero-order chi connectivity index (χ0) is 24.2. The third-order valence-electron chi connectivity index (χ3n) is 8.82. The van der Waals surface area contributed by atoms with Crippen LogP contribution in [0.5, 0.6) is 0 Å². The van der Waals surface area contributed by atoms with Gasteiger partial charge in [0, 0.05) is 10.8 Å². The second-order valence-electron chi connectivity index (χ2n) is 11.0. The Balaban J connectivity index is 2.03. The molecule has 33 heavy (non-hydrogen) atoms. The molecule has 0 N–H and O–H groups in total. The zero-order valence-electron chi connectivity index (χ0n) is 22.7. The average Bonchev–Trinajstić information content (AvgIpc) is 2.77. The average molecular weight is 471 g/mol. The first-order chi connectivity index (χ1) is 16.0. The molecule has 0 radical (unpaired) electrons. The van der Waals surface area contributed by atoms with E-state index in [9.17, 15) is 0 Å². The first-order valence-electron chi connectivity index (χ1n) is 14.2. The van der Waals surface area contributed by atoms with E-state index >= 15 is 0 Å². The molecule has 0 aromatic rings. The maximum absolute atomic E-state index is 6.14. The van der Waals surface area contributed by atoms with E-state index in [-0.39, 0.29) is 23.0 Å². The fraction of sp³-hybridized carbons (Fsp3) is 1.00. The third-order valence-corrected chi connectivity index (χ3v) is 8.82. The Bertz CT molecular complexity index is 447. The lowest BCUT2D eigenvalue weighted by molar-refractivity contribution is -0.561. The van der Waals surface area contributed by atoms with E-state index in [1.54, 1.807) is 0 Å². The molecule has 0 saturated carbocycles. The van der Waals surface area contributed by atoms with E-state index < -0.39 is 0 Å². The first-order valence-corrected chi connectivity index (χ1v) is 14.2. The summed E-state index contributed by atoms with van der Waals surface area (Å²) in [5, 5.41) is 5.71. The van der Waals surface area contributed by atoms with Crippen LogP contribution in [0.4, 0.5) is 0 Å². The normalized spacial score (nSPS) is 22.7. The lowest BCUT2D eigenvalue weighted by Gasteiger charge is -2.47. The van der Waals surface area contributed by atoms with Crippen molar-refractivity contribution in [3.63, 3.8) is 0 Å². The molecule has 0 bridgehead atoms. The Morgan fingerprint density at radius 1 is 0.636 bits per heavy atom. The van der Waals surface area contributed by atoms with Crippen LogP contribution >= 0.6 is 0 Å². The first kappa shape index (κ1) is 29.0. The minimum Gasteiger partial charge on any atom is -0.380 e. The summed E-state index contributed by atoms with van der Waals surface area (Å²) in [7, 11) is 0. The van der Waals surface area contributed by atoms with E-state index in [2.05, 4.69) is 41.5 Å². The van der Waals surface area contributed by atoms with Gasteiger partial charge in [-0.05, 0) is 37.5 Å².